The van der Waals surface area contributed by atoms with E-state index in [0.29, 0.717) is 29.5 Å². The molecule has 0 atom stereocenters. The van der Waals surface area contributed by atoms with E-state index in [9.17, 15) is 14.9 Å². The SMILES string of the molecule is COc1cccc(Cn2nccc2NC(=O)c2ccn(-c3ccc([N+](=O)[O-])cc3)n2)c1OC. The van der Waals surface area contributed by atoms with Gasteiger partial charge in [0.05, 0.1) is 37.6 Å². The number of para-hydroxylation sites is 1. The van der Waals surface area contributed by atoms with Gasteiger partial charge in [-0.05, 0) is 24.3 Å². The average molecular weight is 448 g/mol. The zero-order chi connectivity index (χ0) is 23.4. The van der Waals surface area contributed by atoms with Crippen LogP contribution in [0.15, 0.2) is 67.0 Å². The summed E-state index contributed by atoms with van der Waals surface area (Å²) in [6, 6.07) is 14.6. The van der Waals surface area contributed by atoms with E-state index in [4.69, 9.17) is 9.47 Å². The summed E-state index contributed by atoms with van der Waals surface area (Å²) < 4.78 is 13.9. The highest BCUT2D eigenvalue weighted by Gasteiger charge is 2.16. The lowest BCUT2D eigenvalue weighted by Gasteiger charge is -2.14. The van der Waals surface area contributed by atoms with Gasteiger partial charge < -0.3 is 14.8 Å². The highest BCUT2D eigenvalue weighted by molar-refractivity contribution is 6.02. The summed E-state index contributed by atoms with van der Waals surface area (Å²) in [5.74, 6) is 1.25. The number of amides is 1. The molecule has 0 radical (unpaired) electrons. The van der Waals surface area contributed by atoms with E-state index in [1.54, 1.807) is 61.6 Å². The van der Waals surface area contributed by atoms with Crippen LogP contribution in [-0.2, 0) is 6.54 Å². The Balaban J connectivity index is 1.50. The van der Waals surface area contributed by atoms with Crippen molar-refractivity contribution in [3.63, 3.8) is 0 Å². The summed E-state index contributed by atoms with van der Waals surface area (Å²) in [5, 5.41) is 22.2. The second-order valence-electron chi connectivity index (χ2n) is 6.90. The molecule has 2 aromatic heterocycles. The monoisotopic (exact) mass is 448 g/mol. The number of hydrogen-bond donors (Lipinski definition) is 1. The van der Waals surface area contributed by atoms with E-state index in [2.05, 4.69) is 15.5 Å². The fourth-order valence-electron chi connectivity index (χ4n) is 3.30. The molecule has 4 rings (SSSR count). The number of hydrogen-bond acceptors (Lipinski definition) is 7. The number of methoxy groups -OCH3 is 2. The molecule has 2 heterocycles. The van der Waals surface area contributed by atoms with Gasteiger partial charge >= 0.3 is 0 Å². The third-order valence-electron chi connectivity index (χ3n) is 4.91. The highest BCUT2D eigenvalue weighted by atomic mass is 16.6. The van der Waals surface area contributed by atoms with Gasteiger partial charge in [0.1, 0.15) is 5.82 Å². The number of nitrogens with one attached hydrogen (secondary N) is 1. The van der Waals surface area contributed by atoms with Crippen molar-refractivity contribution in [3.05, 3.63) is 88.4 Å². The molecule has 33 heavy (non-hydrogen) atoms. The van der Waals surface area contributed by atoms with Crippen LogP contribution in [0.2, 0.25) is 0 Å². The zero-order valence-electron chi connectivity index (χ0n) is 17.8. The van der Waals surface area contributed by atoms with Gasteiger partial charge in [0.2, 0.25) is 0 Å². The van der Waals surface area contributed by atoms with Crippen LogP contribution in [0, 0.1) is 10.1 Å². The van der Waals surface area contributed by atoms with Crippen molar-refractivity contribution < 1.29 is 19.2 Å². The molecule has 11 nitrogen and oxygen atoms in total. The number of benzene rings is 2. The van der Waals surface area contributed by atoms with E-state index < -0.39 is 10.8 Å². The first kappa shape index (κ1) is 21.6. The van der Waals surface area contributed by atoms with Crippen LogP contribution >= 0.6 is 0 Å². The van der Waals surface area contributed by atoms with Crippen LogP contribution < -0.4 is 14.8 Å². The molecule has 1 amide bonds. The lowest BCUT2D eigenvalue weighted by atomic mass is 10.2. The molecule has 11 heteroatoms. The van der Waals surface area contributed by atoms with Crippen molar-refractivity contribution in [1.82, 2.24) is 19.6 Å². The Morgan fingerprint density at radius 2 is 1.88 bits per heavy atom. The largest absolute Gasteiger partial charge is 0.493 e. The number of non-ortho nitro benzene ring substituents is 1. The molecule has 0 unspecified atom stereocenters. The van der Waals surface area contributed by atoms with Crippen molar-refractivity contribution in [2.75, 3.05) is 19.5 Å². The molecule has 0 saturated heterocycles. The molecule has 0 spiro atoms. The first-order valence-electron chi connectivity index (χ1n) is 9.83. The van der Waals surface area contributed by atoms with Crippen LogP contribution in [0.5, 0.6) is 11.5 Å². The minimum atomic E-state index is -0.476. The van der Waals surface area contributed by atoms with Gasteiger partial charge in [0.15, 0.2) is 17.2 Å². The summed E-state index contributed by atoms with van der Waals surface area (Å²) in [4.78, 5) is 23.1. The van der Waals surface area contributed by atoms with Crippen molar-refractivity contribution in [2.45, 2.75) is 6.54 Å². The average Bonchev–Trinajstić information content (AvgIpc) is 3.49. The van der Waals surface area contributed by atoms with E-state index in [-0.39, 0.29) is 11.4 Å². The molecule has 0 aliphatic rings. The number of nitro benzene ring substituents is 1. The quantitative estimate of drug-likeness (QED) is 0.324. The number of aromatic nitrogens is 4. The fraction of sp³-hybridized carbons (Fsp3) is 0.136. The van der Waals surface area contributed by atoms with Crippen LogP contribution in [0.25, 0.3) is 5.69 Å². The number of carbonyl (C=O) groups excluding carboxylic acids is 1. The van der Waals surface area contributed by atoms with Gasteiger partial charge in [-0.2, -0.15) is 10.2 Å². The van der Waals surface area contributed by atoms with E-state index in [0.717, 1.165) is 5.56 Å². The van der Waals surface area contributed by atoms with Gasteiger partial charge in [-0.3, -0.25) is 14.9 Å². The normalized spacial score (nSPS) is 10.6. The topological polar surface area (TPSA) is 126 Å². The van der Waals surface area contributed by atoms with Gasteiger partial charge in [0, 0.05) is 30.0 Å². The first-order chi connectivity index (χ1) is 16.0. The summed E-state index contributed by atoms with van der Waals surface area (Å²) in [6.07, 6.45) is 3.19. The van der Waals surface area contributed by atoms with Crippen LogP contribution in [0.3, 0.4) is 0 Å². The molecule has 0 bridgehead atoms. The van der Waals surface area contributed by atoms with Crippen LogP contribution in [0.4, 0.5) is 11.5 Å². The molecule has 0 aliphatic heterocycles. The number of nitrogens with zero attached hydrogens (tertiary/aromatic N) is 5. The predicted octanol–water partition coefficient (Wildman–Crippen LogP) is 3.29. The minimum Gasteiger partial charge on any atom is -0.493 e. The first-order valence-corrected chi connectivity index (χ1v) is 9.83. The van der Waals surface area contributed by atoms with Crippen molar-refractivity contribution in [3.8, 4) is 17.2 Å². The summed E-state index contributed by atoms with van der Waals surface area (Å²) in [7, 11) is 3.13. The Labute approximate surface area is 188 Å². The third kappa shape index (κ3) is 4.51. The maximum Gasteiger partial charge on any atom is 0.277 e. The maximum absolute atomic E-state index is 12.8. The van der Waals surface area contributed by atoms with E-state index >= 15 is 0 Å². The molecule has 1 N–H and O–H groups in total. The van der Waals surface area contributed by atoms with Gasteiger partial charge in [0.25, 0.3) is 11.6 Å². The highest BCUT2D eigenvalue weighted by Crippen LogP contribution is 2.31. The Morgan fingerprint density at radius 1 is 1.09 bits per heavy atom. The lowest BCUT2D eigenvalue weighted by molar-refractivity contribution is -0.384. The van der Waals surface area contributed by atoms with Gasteiger partial charge in [-0.1, -0.05) is 12.1 Å². The Bertz CT molecular complexity index is 1290. The lowest BCUT2D eigenvalue weighted by Crippen LogP contribution is -2.17. The molecule has 0 saturated carbocycles. The van der Waals surface area contributed by atoms with E-state index in [1.165, 1.54) is 16.8 Å². The second kappa shape index (κ2) is 9.22. The smallest absolute Gasteiger partial charge is 0.277 e. The number of anilines is 1. The van der Waals surface area contributed by atoms with Crippen LogP contribution in [-0.4, -0.2) is 44.6 Å². The number of rotatable bonds is 8. The number of carbonyl (C=O) groups is 1. The van der Waals surface area contributed by atoms with Crippen molar-refractivity contribution in [1.29, 1.82) is 0 Å². The Hall–Kier alpha value is -4.67. The molecule has 2 aromatic carbocycles. The van der Waals surface area contributed by atoms with Gasteiger partial charge in [-0.25, -0.2) is 9.36 Å². The van der Waals surface area contributed by atoms with Crippen molar-refractivity contribution >= 4 is 17.4 Å². The molecule has 0 aliphatic carbocycles. The summed E-state index contributed by atoms with van der Waals surface area (Å²) in [5.41, 5.74) is 1.58. The molecule has 4 aromatic rings. The molecular formula is C22H20N6O5. The minimum absolute atomic E-state index is 0.0233. The maximum atomic E-state index is 12.8. The Kier molecular flexibility index (Phi) is 6.02. The summed E-state index contributed by atoms with van der Waals surface area (Å²) in [6.45, 7) is 0.347. The second-order valence-corrected chi connectivity index (χ2v) is 6.90. The summed E-state index contributed by atoms with van der Waals surface area (Å²) >= 11 is 0. The standard InChI is InChI=1S/C22H20N6O5/c1-32-19-5-3-4-15(21(19)33-2)14-27-20(10-12-23-27)24-22(29)18-11-13-26(25-18)16-6-8-17(9-7-16)28(30)31/h3-13H,14H2,1-2H3,(H,24,29). The van der Waals surface area contributed by atoms with E-state index in [1.807, 2.05) is 12.1 Å². The fourth-order valence-corrected chi connectivity index (χ4v) is 3.30. The zero-order valence-corrected chi connectivity index (χ0v) is 17.8. The molecular weight excluding hydrogens is 428 g/mol. The van der Waals surface area contributed by atoms with Gasteiger partial charge in [-0.15, -0.1) is 0 Å². The predicted molar refractivity (Wildman–Crippen MR) is 119 cm³/mol. The molecule has 168 valence electrons. The third-order valence-corrected chi connectivity index (χ3v) is 4.91. The number of ether oxygens (including phenoxy) is 2. The van der Waals surface area contributed by atoms with Crippen molar-refractivity contribution in [2.24, 2.45) is 0 Å². The number of nitro groups is 1. The van der Waals surface area contributed by atoms with Crippen LogP contribution in [0.1, 0.15) is 16.1 Å². The molecule has 0 fully saturated rings. The Morgan fingerprint density at radius 3 is 2.58 bits per heavy atom.